The molecule has 2 aliphatic rings. The molecule has 0 aliphatic carbocycles. The number of fused-ring (bicyclic) bond motifs is 2. The van der Waals surface area contributed by atoms with Crippen LogP contribution in [0.5, 0.6) is 0 Å². The van der Waals surface area contributed by atoms with Crippen LogP contribution >= 0.6 is 0 Å². The highest BCUT2D eigenvalue weighted by molar-refractivity contribution is 5.77. The van der Waals surface area contributed by atoms with Gasteiger partial charge in [0.2, 0.25) is 11.7 Å². The number of hydrogen-bond donors (Lipinski definition) is 0. The van der Waals surface area contributed by atoms with Gasteiger partial charge in [-0.25, -0.2) is 9.67 Å². The van der Waals surface area contributed by atoms with Gasteiger partial charge in [-0.1, -0.05) is 5.16 Å². The van der Waals surface area contributed by atoms with Crippen molar-refractivity contribution < 1.29 is 9.26 Å². The molecule has 2 aliphatic heterocycles. The van der Waals surface area contributed by atoms with Gasteiger partial charge >= 0.3 is 0 Å². The summed E-state index contributed by atoms with van der Waals surface area (Å²) in [5.74, 6) is 1.15. The van der Waals surface area contributed by atoms with E-state index in [0.29, 0.717) is 24.3 Å². The number of morpholine rings is 1. The number of hydrogen-bond acceptors (Lipinski definition) is 7. The number of rotatable bonds is 3. The third-order valence-electron chi connectivity index (χ3n) is 5.14. The van der Waals surface area contributed by atoms with Crippen LogP contribution in [-0.4, -0.2) is 55.5 Å². The highest BCUT2D eigenvalue weighted by Gasteiger charge is 2.34. The summed E-state index contributed by atoms with van der Waals surface area (Å²) in [6.45, 7) is 5.12. The Morgan fingerprint density at radius 1 is 1.36 bits per heavy atom. The summed E-state index contributed by atoms with van der Waals surface area (Å²) in [5, 5.41) is 9.71. The molecule has 0 radical (unpaired) electrons. The molecular formula is C17H20N6O2. The van der Waals surface area contributed by atoms with Crippen LogP contribution in [0.25, 0.3) is 11.0 Å². The van der Waals surface area contributed by atoms with E-state index in [-0.39, 0.29) is 6.10 Å². The van der Waals surface area contributed by atoms with Gasteiger partial charge in [-0.15, -0.1) is 0 Å². The van der Waals surface area contributed by atoms with E-state index in [4.69, 9.17) is 9.26 Å². The molecule has 0 amide bonds. The zero-order chi connectivity index (χ0) is 16.8. The van der Waals surface area contributed by atoms with Gasteiger partial charge in [0.15, 0.2) is 5.65 Å². The molecule has 8 nitrogen and oxygen atoms in total. The zero-order valence-electron chi connectivity index (χ0n) is 14.1. The van der Waals surface area contributed by atoms with Crippen LogP contribution in [-0.2, 0) is 11.3 Å². The van der Waals surface area contributed by atoms with Gasteiger partial charge < -0.3 is 9.26 Å². The summed E-state index contributed by atoms with van der Waals surface area (Å²) >= 11 is 0. The molecule has 3 aromatic heterocycles. The highest BCUT2D eigenvalue weighted by Crippen LogP contribution is 2.28. The Bertz CT molecular complexity index is 904. The molecule has 5 heterocycles. The molecule has 0 N–H and O–H groups in total. The average Bonchev–Trinajstić information content (AvgIpc) is 3.35. The smallest absolute Gasteiger partial charge is 0.248 e. The predicted octanol–water partition coefficient (Wildman–Crippen LogP) is 1.71. The molecule has 0 bridgehead atoms. The SMILES string of the molecule is Cc1nn(Cc2nc([C@H]3CN4CCC[C@H]4CO3)no2)c2ncccc12. The molecule has 2 saturated heterocycles. The highest BCUT2D eigenvalue weighted by atomic mass is 16.5. The van der Waals surface area contributed by atoms with Crippen molar-refractivity contribution in [2.45, 2.75) is 38.5 Å². The Kier molecular flexibility index (Phi) is 3.53. The fraction of sp³-hybridized carbons (Fsp3) is 0.529. The van der Waals surface area contributed by atoms with Gasteiger partial charge in [-0.05, 0) is 38.4 Å². The largest absolute Gasteiger partial charge is 0.367 e. The van der Waals surface area contributed by atoms with Gasteiger partial charge in [-0.2, -0.15) is 10.1 Å². The molecule has 8 heteroatoms. The minimum Gasteiger partial charge on any atom is -0.367 e. The van der Waals surface area contributed by atoms with Crippen LogP contribution in [0.2, 0.25) is 0 Å². The van der Waals surface area contributed by atoms with Crippen molar-refractivity contribution in [3.05, 3.63) is 35.7 Å². The van der Waals surface area contributed by atoms with Crippen LogP contribution in [0.1, 0.15) is 36.4 Å². The first-order chi connectivity index (χ1) is 12.3. The van der Waals surface area contributed by atoms with Crippen molar-refractivity contribution in [2.24, 2.45) is 0 Å². The van der Waals surface area contributed by atoms with E-state index in [1.165, 1.54) is 12.8 Å². The second-order valence-electron chi connectivity index (χ2n) is 6.78. The number of aryl methyl sites for hydroxylation is 1. The maximum atomic E-state index is 5.95. The Morgan fingerprint density at radius 2 is 2.32 bits per heavy atom. The summed E-state index contributed by atoms with van der Waals surface area (Å²) in [5.41, 5.74) is 1.77. The van der Waals surface area contributed by atoms with Crippen molar-refractivity contribution in [3.63, 3.8) is 0 Å². The predicted molar refractivity (Wildman–Crippen MR) is 89.0 cm³/mol. The number of nitrogens with zero attached hydrogens (tertiary/aromatic N) is 6. The maximum absolute atomic E-state index is 5.95. The van der Waals surface area contributed by atoms with Crippen LogP contribution in [0.15, 0.2) is 22.9 Å². The zero-order valence-corrected chi connectivity index (χ0v) is 14.1. The second kappa shape index (κ2) is 5.89. The van der Waals surface area contributed by atoms with Gasteiger partial charge in [0.25, 0.3) is 0 Å². The van der Waals surface area contributed by atoms with Gasteiger partial charge in [-0.3, -0.25) is 4.90 Å². The average molecular weight is 340 g/mol. The van der Waals surface area contributed by atoms with Crippen molar-refractivity contribution in [2.75, 3.05) is 19.7 Å². The molecule has 2 fully saturated rings. The van der Waals surface area contributed by atoms with Crippen LogP contribution in [0.4, 0.5) is 0 Å². The van der Waals surface area contributed by atoms with E-state index in [9.17, 15) is 0 Å². The molecular weight excluding hydrogens is 320 g/mol. The molecule has 0 unspecified atom stereocenters. The summed E-state index contributed by atoms with van der Waals surface area (Å²) < 4.78 is 13.2. The Balaban J connectivity index is 1.36. The topological polar surface area (TPSA) is 82.1 Å². The van der Waals surface area contributed by atoms with Gasteiger partial charge in [0.1, 0.15) is 12.6 Å². The fourth-order valence-corrected chi connectivity index (χ4v) is 3.84. The Hall–Kier alpha value is -2.32. The lowest BCUT2D eigenvalue weighted by molar-refractivity contribution is -0.0548. The minimum absolute atomic E-state index is 0.110. The van der Waals surface area contributed by atoms with E-state index in [2.05, 4.69) is 25.1 Å². The number of aromatic nitrogens is 5. The summed E-state index contributed by atoms with van der Waals surface area (Å²) in [6.07, 6.45) is 4.13. The van der Waals surface area contributed by atoms with Crippen LogP contribution < -0.4 is 0 Å². The molecule has 0 saturated carbocycles. The molecule has 2 atom stereocenters. The second-order valence-corrected chi connectivity index (χ2v) is 6.78. The van der Waals surface area contributed by atoms with Crippen molar-refractivity contribution in [3.8, 4) is 0 Å². The quantitative estimate of drug-likeness (QED) is 0.718. The standard InChI is InChI=1S/C17H20N6O2/c1-11-13-5-2-6-18-17(13)23(20-11)9-15-19-16(21-25-15)14-8-22-7-3-4-12(22)10-24-14/h2,5-6,12,14H,3-4,7-10H2,1H3/t12-,14+/m0/s1. The van der Waals surface area contributed by atoms with E-state index < -0.39 is 0 Å². The van der Waals surface area contributed by atoms with Crippen molar-refractivity contribution >= 4 is 11.0 Å². The normalized spacial score (nSPS) is 24.0. The first-order valence-electron chi connectivity index (χ1n) is 8.74. The van der Waals surface area contributed by atoms with E-state index in [1.807, 2.05) is 19.1 Å². The third-order valence-corrected chi connectivity index (χ3v) is 5.14. The molecule has 3 aromatic rings. The molecule has 25 heavy (non-hydrogen) atoms. The Morgan fingerprint density at radius 3 is 3.28 bits per heavy atom. The van der Waals surface area contributed by atoms with Crippen molar-refractivity contribution in [1.29, 1.82) is 0 Å². The fourth-order valence-electron chi connectivity index (χ4n) is 3.84. The molecule has 0 aromatic carbocycles. The molecule has 0 spiro atoms. The van der Waals surface area contributed by atoms with Crippen LogP contribution in [0.3, 0.4) is 0 Å². The monoisotopic (exact) mass is 340 g/mol. The summed E-state index contributed by atoms with van der Waals surface area (Å²) in [7, 11) is 0. The third kappa shape index (κ3) is 2.61. The first-order valence-corrected chi connectivity index (χ1v) is 8.74. The van der Waals surface area contributed by atoms with Crippen LogP contribution in [0, 0.1) is 6.92 Å². The number of ether oxygens (including phenoxy) is 1. The minimum atomic E-state index is -0.110. The lowest BCUT2D eigenvalue weighted by Gasteiger charge is -2.33. The molecule has 5 rings (SSSR count). The van der Waals surface area contributed by atoms with Gasteiger partial charge in [0.05, 0.1) is 12.3 Å². The summed E-state index contributed by atoms with van der Waals surface area (Å²) in [6, 6.07) is 4.49. The summed E-state index contributed by atoms with van der Waals surface area (Å²) in [4.78, 5) is 11.4. The molecule has 130 valence electrons. The van der Waals surface area contributed by atoms with E-state index in [1.54, 1.807) is 10.9 Å². The van der Waals surface area contributed by atoms with E-state index >= 15 is 0 Å². The Labute approximate surface area is 144 Å². The van der Waals surface area contributed by atoms with Crippen molar-refractivity contribution in [1.82, 2.24) is 29.8 Å². The lowest BCUT2D eigenvalue weighted by atomic mass is 10.2. The maximum Gasteiger partial charge on any atom is 0.248 e. The van der Waals surface area contributed by atoms with E-state index in [0.717, 1.165) is 36.4 Å². The van der Waals surface area contributed by atoms with Gasteiger partial charge in [0, 0.05) is 24.2 Å². The number of pyridine rings is 1. The lowest BCUT2D eigenvalue weighted by Crippen LogP contribution is -2.42. The first kappa shape index (κ1) is 15.0.